The van der Waals surface area contributed by atoms with E-state index in [2.05, 4.69) is 54.8 Å². The molecule has 0 bridgehead atoms. The van der Waals surface area contributed by atoms with Gasteiger partial charge >= 0.3 is 0 Å². The number of nitrogens with zero attached hydrogens (tertiary/aromatic N) is 2. The van der Waals surface area contributed by atoms with E-state index in [0.29, 0.717) is 0 Å². The zero-order valence-electron chi connectivity index (χ0n) is 11.6. The number of hydrogen-bond acceptors (Lipinski definition) is 3. The predicted molar refractivity (Wildman–Crippen MR) is 77.6 cm³/mol. The second kappa shape index (κ2) is 6.50. The Morgan fingerprint density at radius 2 is 1.89 bits per heavy atom. The number of rotatable bonds is 6. The molecule has 1 unspecified atom stereocenters. The van der Waals surface area contributed by atoms with Crippen molar-refractivity contribution in [1.29, 1.82) is 0 Å². The summed E-state index contributed by atoms with van der Waals surface area (Å²) in [6.07, 6.45) is 5.82. The Labute approximate surface area is 114 Å². The van der Waals surface area contributed by atoms with Gasteiger partial charge in [-0.3, -0.25) is 16.0 Å². The highest BCUT2D eigenvalue weighted by Gasteiger charge is 2.10. The molecule has 102 valence electrons. The van der Waals surface area contributed by atoms with E-state index in [9.17, 15) is 0 Å². The molecule has 0 aliphatic rings. The van der Waals surface area contributed by atoms with Crippen LogP contribution in [0.4, 0.5) is 0 Å². The highest BCUT2D eigenvalue weighted by Crippen LogP contribution is 2.09. The Hall–Kier alpha value is -1.65. The number of benzene rings is 1. The molecule has 0 spiro atoms. The molecule has 0 aliphatic carbocycles. The van der Waals surface area contributed by atoms with Crippen LogP contribution in [0.25, 0.3) is 0 Å². The van der Waals surface area contributed by atoms with Crippen LogP contribution in [-0.2, 0) is 19.4 Å². The number of aromatic nitrogens is 2. The third-order valence-electron chi connectivity index (χ3n) is 3.33. The molecule has 1 aromatic heterocycles. The maximum Gasteiger partial charge on any atom is 0.0522 e. The quantitative estimate of drug-likeness (QED) is 0.614. The molecule has 0 aliphatic heterocycles. The molecular formula is C15H22N4. The van der Waals surface area contributed by atoms with Gasteiger partial charge in [-0.15, -0.1) is 0 Å². The van der Waals surface area contributed by atoms with Crippen LogP contribution in [0.15, 0.2) is 36.7 Å². The fourth-order valence-electron chi connectivity index (χ4n) is 2.17. The van der Waals surface area contributed by atoms with Crippen molar-refractivity contribution in [3.63, 3.8) is 0 Å². The summed E-state index contributed by atoms with van der Waals surface area (Å²) in [7, 11) is 0. The van der Waals surface area contributed by atoms with E-state index in [1.54, 1.807) is 0 Å². The van der Waals surface area contributed by atoms with Crippen LogP contribution in [0.2, 0.25) is 0 Å². The van der Waals surface area contributed by atoms with Gasteiger partial charge in [0.1, 0.15) is 0 Å². The molecule has 2 rings (SSSR count). The molecule has 0 saturated carbocycles. The van der Waals surface area contributed by atoms with Crippen LogP contribution in [-0.4, -0.2) is 15.8 Å². The van der Waals surface area contributed by atoms with Crippen molar-refractivity contribution in [3.8, 4) is 0 Å². The number of aryl methyl sites for hydroxylation is 2. The Morgan fingerprint density at radius 3 is 2.47 bits per heavy atom. The normalized spacial score (nSPS) is 12.6. The summed E-state index contributed by atoms with van der Waals surface area (Å²) in [5.74, 6) is 5.66. The average Bonchev–Trinajstić information content (AvgIpc) is 2.88. The van der Waals surface area contributed by atoms with Gasteiger partial charge in [0.25, 0.3) is 0 Å². The van der Waals surface area contributed by atoms with Crippen LogP contribution in [0.5, 0.6) is 0 Å². The molecule has 0 saturated heterocycles. The summed E-state index contributed by atoms with van der Waals surface area (Å²) in [6.45, 7) is 5.09. The SMILES string of the molecule is CCn1cc(CC(Cc2ccc(C)cc2)NN)cn1. The predicted octanol–water partition coefficient (Wildman–Crippen LogP) is 1.83. The minimum Gasteiger partial charge on any atom is -0.273 e. The lowest BCUT2D eigenvalue weighted by atomic mass is 10.0. The van der Waals surface area contributed by atoms with Crippen LogP contribution < -0.4 is 11.3 Å². The van der Waals surface area contributed by atoms with E-state index in [1.165, 1.54) is 16.7 Å². The third kappa shape index (κ3) is 3.91. The lowest BCUT2D eigenvalue weighted by Gasteiger charge is -2.15. The van der Waals surface area contributed by atoms with E-state index in [0.717, 1.165) is 19.4 Å². The molecule has 1 atom stereocenters. The lowest BCUT2D eigenvalue weighted by Crippen LogP contribution is -2.38. The Balaban J connectivity index is 1.98. The summed E-state index contributed by atoms with van der Waals surface area (Å²) >= 11 is 0. The van der Waals surface area contributed by atoms with E-state index < -0.39 is 0 Å². The van der Waals surface area contributed by atoms with Crippen molar-refractivity contribution in [2.75, 3.05) is 0 Å². The van der Waals surface area contributed by atoms with E-state index >= 15 is 0 Å². The van der Waals surface area contributed by atoms with Crippen LogP contribution in [0, 0.1) is 6.92 Å². The van der Waals surface area contributed by atoms with Crippen molar-refractivity contribution in [2.24, 2.45) is 5.84 Å². The Kier molecular flexibility index (Phi) is 4.71. The first-order chi connectivity index (χ1) is 9.21. The summed E-state index contributed by atoms with van der Waals surface area (Å²) in [4.78, 5) is 0. The molecule has 4 nitrogen and oxygen atoms in total. The summed E-state index contributed by atoms with van der Waals surface area (Å²) in [5.41, 5.74) is 6.71. The maximum atomic E-state index is 5.66. The van der Waals surface area contributed by atoms with Crippen LogP contribution >= 0.6 is 0 Å². The van der Waals surface area contributed by atoms with Crippen molar-refractivity contribution in [3.05, 3.63) is 53.3 Å². The first-order valence-corrected chi connectivity index (χ1v) is 6.74. The highest BCUT2D eigenvalue weighted by atomic mass is 15.3. The molecule has 4 heteroatoms. The first kappa shape index (κ1) is 13.8. The number of nitrogens with two attached hydrogens (primary N) is 1. The third-order valence-corrected chi connectivity index (χ3v) is 3.33. The first-order valence-electron chi connectivity index (χ1n) is 6.74. The summed E-state index contributed by atoms with van der Waals surface area (Å²) in [6, 6.07) is 8.83. The van der Waals surface area contributed by atoms with E-state index in [-0.39, 0.29) is 6.04 Å². The number of hydrazine groups is 1. The minimum absolute atomic E-state index is 0.234. The van der Waals surface area contributed by atoms with Crippen molar-refractivity contribution >= 4 is 0 Å². The number of nitrogens with one attached hydrogen (secondary N) is 1. The van der Waals surface area contributed by atoms with Crippen molar-refractivity contribution in [2.45, 2.75) is 39.3 Å². The summed E-state index contributed by atoms with van der Waals surface area (Å²) in [5, 5.41) is 4.29. The van der Waals surface area contributed by atoms with Gasteiger partial charge in [0.2, 0.25) is 0 Å². The Morgan fingerprint density at radius 1 is 1.21 bits per heavy atom. The maximum absolute atomic E-state index is 5.66. The molecule has 1 aromatic carbocycles. The molecule has 1 heterocycles. The van der Waals surface area contributed by atoms with Gasteiger partial charge in [-0.1, -0.05) is 29.8 Å². The standard InChI is InChI=1S/C15H22N4/c1-3-19-11-14(10-17-19)9-15(18-16)8-13-6-4-12(2)5-7-13/h4-7,10-11,15,18H,3,8-9,16H2,1-2H3. The molecule has 0 amide bonds. The second-order valence-electron chi connectivity index (χ2n) is 4.96. The average molecular weight is 258 g/mol. The van der Waals surface area contributed by atoms with Gasteiger partial charge in [-0.05, 0) is 37.8 Å². The van der Waals surface area contributed by atoms with Gasteiger partial charge in [-0.25, -0.2) is 0 Å². The van der Waals surface area contributed by atoms with Crippen LogP contribution in [0.1, 0.15) is 23.6 Å². The van der Waals surface area contributed by atoms with E-state index in [4.69, 9.17) is 5.84 Å². The van der Waals surface area contributed by atoms with Gasteiger partial charge in [0, 0.05) is 18.8 Å². The molecule has 0 fully saturated rings. The molecular weight excluding hydrogens is 236 g/mol. The molecule has 0 radical (unpaired) electrons. The fourth-order valence-corrected chi connectivity index (χ4v) is 2.17. The molecule has 19 heavy (non-hydrogen) atoms. The zero-order chi connectivity index (χ0) is 13.7. The van der Waals surface area contributed by atoms with Crippen molar-refractivity contribution < 1.29 is 0 Å². The highest BCUT2D eigenvalue weighted by molar-refractivity contribution is 5.22. The lowest BCUT2D eigenvalue weighted by molar-refractivity contribution is 0.522. The monoisotopic (exact) mass is 258 g/mol. The topological polar surface area (TPSA) is 55.9 Å². The fraction of sp³-hybridized carbons (Fsp3) is 0.400. The Bertz CT molecular complexity index is 501. The molecule has 2 aromatic rings. The minimum atomic E-state index is 0.234. The van der Waals surface area contributed by atoms with Gasteiger partial charge < -0.3 is 0 Å². The zero-order valence-corrected chi connectivity index (χ0v) is 11.6. The van der Waals surface area contributed by atoms with Crippen molar-refractivity contribution in [1.82, 2.24) is 15.2 Å². The van der Waals surface area contributed by atoms with E-state index in [1.807, 2.05) is 10.9 Å². The smallest absolute Gasteiger partial charge is 0.0522 e. The van der Waals surface area contributed by atoms with Gasteiger partial charge in [0.05, 0.1) is 6.20 Å². The largest absolute Gasteiger partial charge is 0.273 e. The van der Waals surface area contributed by atoms with Gasteiger partial charge in [0.15, 0.2) is 0 Å². The summed E-state index contributed by atoms with van der Waals surface area (Å²) < 4.78 is 1.94. The number of hydrogen-bond donors (Lipinski definition) is 2. The molecule has 3 N–H and O–H groups in total. The second-order valence-corrected chi connectivity index (χ2v) is 4.96. The van der Waals surface area contributed by atoms with Gasteiger partial charge in [-0.2, -0.15) is 5.10 Å². The van der Waals surface area contributed by atoms with Crippen LogP contribution in [0.3, 0.4) is 0 Å².